The lowest BCUT2D eigenvalue weighted by molar-refractivity contribution is 0.514. The van der Waals surface area contributed by atoms with E-state index in [1.54, 1.807) is 0 Å². The minimum absolute atomic E-state index is 0.00624. The summed E-state index contributed by atoms with van der Waals surface area (Å²) >= 11 is 34.8. The Kier molecular flexibility index (Phi) is 4.54. The van der Waals surface area contributed by atoms with E-state index in [-0.39, 0.29) is 16.9 Å². The Hall–Kier alpha value is 0.880. The van der Waals surface area contributed by atoms with Gasteiger partial charge in [0.05, 0.1) is 0 Å². The maximum absolute atomic E-state index is 6.00. The van der Waals surface area contributed by atoms with Crippen molar-refractivity contribution in [3.05, 3.63) is 10.8 Å². The molecule has 0 unspecified atom stereocenters. The van der Waals surface area contributed by atoms with E-state index in [9.17, 15) is 0 Å². The van der Waals surface area contributed by atoms with E-state index in [0.29, 0.717) is 0 Å². The zero-order valence-corrected chi connectivity index (χ0v) is 12.7. The van der Waals surface area contributed by atoms with Crippen molar-refractivity contribution in [2.75, 3.05) is 0 Å². The lowest BCUT2D eigenvalue weighted by atomic mass is 10.3. The first-order valence-electron chi connectivity index (χ1n) is 4.14. The second-order valence-corrected chi connectivity index (χ2v) is 7.31. The molecule has 0 aromatic carbocycles. The van der Waals surface area contributed by atoms with Gasteiger partial charge in [-0.3, -0.25) is 0 Å². The van der Waals surface area contributed by atoms with Gasteiger partial charge in [-0.2, -0.15) is 0 Å². The normalized spacial score (nSPS) is 13.6. The van der Waals surface area contributed by atoms with Crippen molar-refractivity contribution in [3.63, 3.8) is 0 Å². The molecule has 3 nitrogen and oxygen atoms in total. The number of nitrogens with zero attached hydrogens (tertiary/aromatic N) is 3. The van der Waals surface area contributed by atoms with Crippen molar-refractivity contribution in [1.29, 1.82) is 0 Å². The zero-order valence-electron chi connectivity index (χ0n) is 8.19. The summed E-state index contributed by atoms with van der Waals surface area (Å²) in [7, 11) is 0. The van der Waals surface area contributed by atoms with Crippen LogP contribution in [0.5, 0.6) is 0 Å². The molecule has 1 aromatic heterocycles. The summed E-state index contributed by atoms with van der Waals surface area (Å²) in [5, 5.41) is 7.67. The smallest absolute Gasteiger partial charge is 0.228 e. The van der Waals surface area contributed by atoms with Gasteiger partial charge < -0.3 is 0 Å². The van der Waals surface area contributed by atoms with Crippen molar-refractivity contribution < 1.29 is 0 Å². The SMILES string of the molecule is CC(C)n1nnc(C(Cl)(Cl)C(Cl)(Cl)Cl)c1Cl. The largest absolute Gasteiger partial charge is 0.231 e. The molecule has 0 aliphatic heterocycles. The van der Waals surface area contributed by atoms with Gasteiger partial charge in [-0.25, -0.2) is 4.68 Å². The third-order valence-electron chi connectivity index (χ3n) is 1.78. The fourth-order valence-electron chi connectivity index (χ4n) is 0.938. The van der Waals surface area contributed by atoms with Crippen LogP contribution in [0.15, 0.2) is 0 Å². The fourth-order valence-corrected chi connectivity index (χ4v) is 1.97. The van der Waals surface area contributed by atoms with Gasteiger partial charge in [0.2, 0.25) is 8.13 Å². The van der Waals surface area contributed by atoms with E-state index in [1.807, 2.05) is 13.8 Å². The summed E-state index contributed by atoms with van der Waals surface area (Å²) in [5.74, 6) is 0. The molecule has 0 radical (unpaired) electrons. The highest BCUT2D eigenvalue weighted by Gasteiger charge is 2.51. The molecule has 1 heterocycles. The van der Waals surface area contributed by atoms with Crippen LogP contribution in [0.2, 0.25) is 5.15 Å². The maximum atomic E-state index is 6.00. The molecule has 9 heteroatoms. The van der Waals surface area contributed by atoms with E-state index in [4.69, 9.17) is 69.6 Å². The Balaban J connectivity index is 3.25. The van der Waals surface area contributed by atoms with E-state index < -0.39 is 8.13 Å². The van der Waals surface area contributed by atoms with Gasteiger partial charge in [-0.05, 0) is 13.8 Å². The minimum atomic E-state index is -1.96. The quantitative estimate of drug-likeness (QED) is 0.738. The first-order valence-corrected chi connectivity index (χ1v) is 6.41. The molecular formula is C7H7Cl6N3. The van der Waals surface area contributed by atoms with Crippen LogP contribution in [0, 0.1) is 0 Å². The Morgan fingerprint density at radius 3 is 1.94 bits per heavy atom. The van der Waals surface area contributed by atoms with E-state index in [2.05, 4.69) is 10.3 Å². The number of hydrogen-bond donors (Lipinski definition) is 0. The highest BCUT2D eigenvalue weighted by molar-refractivity contribution is 6.75. The average Bonchev–Trinajstić information content (AvgIpc) is 2.44. The molecule has 16 heavy (non-hydrogen) atoms. The monoisotopic (exact) mass is 343 g/mol. The van der Waals surface area contributed by atoms with Gasteiger partial charge in [0.1, 0.15) is 5.69 Å². The van der Waals surface area contributed by atoms with Crippen LogP contribution < -0.4 is 0 Å². The third kappa shape index (κ3) is 2.65. The minimum Gasteiger partial charge on any atom is -0.231 e. The summed E-state index contributed by atoms with van der Waals surface area (Å²) < 4.78 is -2.40. The Labute approximate surface area is 123 Å². The van der Waals surface area contributed by atoms with Gasteiger partial charge in [0.15, 0.2) is 5.15 Å². The van der Waals surface area contributed by atoms with Gasteiger partial charge in [-0.15, -0.1) is 5.10 Å². The standard InChI is InChI=1S/C7H7Cl6N3/c1-3(2)16-5(8)4(14-15-16)6(9,10)7(11,12)13/h3H,1-2H3. The molecule has 0 spiro atoms. The third-order valence-corrected chi connectivity index (χ3v) is 4.49. The molecule has 0 N–H and O–H groups in total. The molecular weight excluding hydrogens is 339 g/mol. The van der Waals surface area contributed by atoms with Crippen LogP contribution in [0.3, 0.4) is 0 Å². The van der Waals surface area contributed by atoms with Gasteiger partial charge in [-0.1, -0.05) is 74.8 Å². The van der Waals surface area contributed by atoms with Crippen LogP contribution in [0.25, 0.3) is 0 Å². The second-order valence-electron chi connectivity index (χ2n) is 3.34. The van der Waals surface area contributed by atoms with Crippen LogP contribution >= 0.6 is 69.6 Å². The predicted molar refractivity (Wildman–Crippen MR) is 69.1 cm³/mol. The second kappa shape index (κ2) is 4.87. The van der Waals surface area contributed by atoms with Crippen LogP contribution in [0.4, 0.5) is 0 Å². The van der Waals surface area contributed by atoms with Crippen LogP contribution in [-0.2, 0) is 4.33 Å². The molecule has 0 aliphatic carbocycles. The Morgan fingerprint density at radius 1 is 1.12 bits per heavy atom. The molecule has 0 amide bonds. The molecule has 92 valence electrons. The Bertz CT molecular complexity index is 380. The van der Waals surface area contributed by atoms with Crippen molar-refractivity contribution in [2.45, 2.75) is 28.0 Å². The number of halogens is 6. The number of alkyl halides is 5. The first kappa shape index (κ1) is 14.9. The maximum Gasteiger partial charge on any atom is 0.228 e. The summed E-state index contributed by atoms with van der Waals surface area (Å²) in [4.78, 5) is 0. The molecule has 0 aliphatic rings. The van der Waals surface area contributed by atoms with Gasteiger partial charge in [0.25, 0.3) is 0 Å². The zero-order chi connectivity index (χ0) is 12.7. The topological polar surface area (TPSA) is 30.7 Å². The summed E-state index contributed by atoms with van der Waals surface area (Å²) in [6, 6.07) is -0.00624. The molecule has 0 saturated carbocycles. The van der Waals surface area contributed by atoms with Gasteiger partial charge >= 0.3 is 0 Å². The van der Waals surface area contributed by atoms with Gasteiger partial charge in [0, 0.05) is 6.04 Å². The number of rotatable bonds is 2. The fraction of sp³-hybridized carbons (Fsp3) is 0.714. The van der Waals surface area contributed by atoms with Crippen molar-refractivity contribution in [1.82, 2.24) is 15.0 Å². The molecule has 1 rings (SSSR count). The van der Waals surface area contributed by atoms with E-state index >= 15 is 0 Å². The number of hydrogen-bond acceptors (Lipinski definition) is 2. The predicted octanol–water partition coefficient (Wildman–Crippen LogP) is 4.51. The lowest BCUT2D eigenvalue weighted by Crippen LogP contribution is -2.29. The highest BCUT2D eigenvalue weighted by atomic mass is 35.6. The number of aromatic nitrogens is 3. The van der Waals surface area contributed by atoms with Crippen LogP contribution in [-0.4, -0.2) is 18.8 Å². The van der Waals surface area contributed by atoms with Crippen molar-refractivity contribution in [3.8, 4) is 0 Å². The molecule has 0 bridgehead atoms. The van der Waals surface area contributed by atoms with E-state index in [0.717, 1.165) is 0 Å². The Morgan fingerprint density at radius 2 is 1.62 bits per heavy atom. The molecule has 0 saturated heterocycles. The summed E-state index contributed by atoms with van der Waals surface area (Å²) in [6.45, 7) is 3.73. The summed E-state index contributed by atoms with van der Waals surface area (Å²) in [5.41, 5.74) is 0.0196. The van der Waals surface area contributed by atoms with Crippen LogP contribution in [0.1, 0.15) is 25.6 Å². The van der Waals surface area contributed by atoms with E-state index in [1.165, 1.54) is 4.68 Å². The van der Waals surface area contributed by atoms with Crippen molar-refractivity contribution >= 4 is 69.6 Å². The average molecular weight is 346 g/mol. The molecule has 1 aromatic rings. The van der Waals surface area contributed by atoms with Crippen molar-refractivity contribution in [2.24, 2.45) is 0 Å². The lowest BCUT2D eigenvalue weighted by Gasteiger charge is -2.25. The summed E-state index contributed by atoms with van der Waals surface area (Å²) in [6.07, 6.45) is 0. The highest BCUT2D eigenvalue weighted by Crippen LogP contribution is 2.53. The first-order chi connectivity index (χ1) is 7.09. The molecule has 0 atom stereocenters. The molecule has 0 fully saturated rings.